The zero-order valence-electron chi connectivity index (χ0n) is 5.67. The molecule has 5 heteroatoms. The zero-order chi connectivity index (χ0) is 8.27. The first-order valence-corrected chi connectivity index (χ1v) is 3.14. The van der Waals surface area contributed by atoms with Gasteiger partial charge in [0.05, 0.1) is 6.54 Å². The van der Waals surface area contributed by atoms with Crippen LogP contribution in [-0.4, -0.2) is 30.0 Å². The second-order valence-corrected chi connectivity index (χ2v) is 2.05. The van der Waals surface area contributed by atoms with Crippen molar-refractivity contribution in [3.05, 3.63) is 12.3 Å². The van der Waals surface area contributed by atoms with Crippen LogP contribution in [0.25, 0.3) is 0 Å². The van der Waals surface area contributed by atoms with Crippen LogP contribution < -0.4 is 5.32 Å². The maximum Gasteiger partial charge on any atom is 0.271 e. The van der Waals surface area contributed by atoms with Crippen LogP contribution in [0.4, 0.5) is 8.78 Å². The third-order valence-corrected chi connectivity index (χ3v) is 1.23. The average Bonchev–Trinajstić information content (AvgIpc) is 2.05. The highest BCUT2D eigenvalue weighted by Crippen LogP contribution is 2.03. The minimum absolute atomic E-state index is 0.0671. The van der Waals surface area contributed by atoms with Gasteiger partial charge in [-0.15, -0.1) is 0 Å². The Kier molecular flexibility index (Phi) is 2.53. The van der Waals surface area contributed by atoms with Gasteiger partial charge in [0.15, 0.2) is 6.10 Å². The van der Waals surface area contributed by atoms with Crippen molar-refractivity contribution >= 4 is 5.84 Å². The van der Waals surface area contributed by atoms with Gasteiger partial charge in [0.2, 0.25) is 0 Å². The maximum atomic E-state index is 11.8. The molecule has 0 fully saturated rings. The first-order chi connectivity index (χ1) is 5.22. The summed E-state index contributed by atoms with van der Waals surface area (Å²) >= 11 is 0. The van der Waals surface area contributed by atoms with Crippen LogP contribution in [0.1, 0.15) is 0 Å². The van der Waals surface area contributed by atoms with Gasteiger partial charge in [-0.05, 0) is 6.08 Å². The summed E-state index contributed by atoms with van der Waals surface area (Å²) in [6.45, 7) is 0.339. The second-order valence-electron chi connectivity index (χ2n) is 2.05. The van der Waals surface area contributed by atoms with Gasteiger partial charge in [-0.1, -0.05) is 0 Å². The highest BCUT2D eigenvalue weighted by atomic mass is 19.3. The molecule has 0 aromatic heterocycles. The van der Waals surface area contributed by atoms with Crippen LogP contribution >= 0.6 is 0 Å². The van der Waals surface area contributed by atoms with Crippen molar-refractivity contribution in [3.8, 4) is 0 Å². The first kappa shape index (κ1) is 8.13. The van der Waals surface area contributed by atoms with Crippen LogP contribution in [0.2, 0.25) is 0 Å². The summed E-state index contributed by atoms with van der Waals surface area (Å²) in [7, 11) is 0. The smallest absolute Gasteiger partial charge is 0.271 e. The molecule has 1 aliphatic rings. The number of hydrogen-bond donors (Lipinski definition) is 2. The molecule has 0 saturated heterocycles. The van der Waals surface area contributed by atoms with E-state index in [4.69, 9.17) is 5.11 Å². The average molecular weight is 162 g/mol. The molecule has 1 unspecified atom stereocenters. The molecule has 0 aliphatic carbocycles. The molecular weight excluding hydrogens is 154 g/mol. The molecule has 0 bridgehead atoms. The predicted octanol–water partition coefficient (Wildman–Crippen LogP) is 0.128. The summed E-state index contributed by atoms with van der Waals surface area (Å²) in [6, 6.07) is 0. The lowest BCUT2D eigenvalue weighted by atomic mass is 10.3. The van der Waals surface area contributed by atoms with Crippen molar-refractivity contribution in [2.75, 3.05) is 6.54 Å². The van der Waals surface area contributed by atoms with Gasteiger partial charge in [0.25, 0.3) is 6.43 Å². The van der Waals surface area contributed by atoms with Gasteiger partial charge in [0.1, 0.15) is 5.84 Å². The maximum absolute atomic E-state index is 11.8. The normalized spacial score (nSPS) is 19.5. The van der Waals surface area contributed by atoms with Crippen molar-refractivity contribution in [1.82, 2.24) is 5.32 Å². The van der Waals surface area contributed by atoms with E-state index in [1.165, 1.54) is 6.20 Å². The number of alkyl halides is 2. The standard InChI is InChI=1S/C6H8F2N2O/c7-5(8)4(11)6-9-2-1-3-10-6/h1-2,4-5,11H,3H2,(H,9,10). The van der Waals surface area contributed by atoms with Gasteiger partial charge in [-0.2, -0.15) is 0 Å². The third-order valence-electron chi connectivity index (χ3n) is 1.23. The number of halogens is 2. The number of aliphatic hydroxyl groups is 1. The Morgan fingerprint density at radius 2 is 2.36 bits per heavy atom. The van der Waals surface area contributed by atoms with E-state index in [-0.39, 0.29) is 5.84 Å². The van der Waals surface area contributed by atoms with Crippen LogP contribution in [0, 0.1) is 0 Å². The molecule has 1 heterocycles. The van der Waals surface area contributed by atoms with E-state index in [0.29, 0.717) is 6.54 Å². The molecule has 1 aliphatic heterocycles. The fourth-order valence-corrected chi connectivity index (χ4v) is 0.692. The van der Waals surface area contributed by atoms with E-state index in [1.807, 2.05) is 0 Å². The molecule has 1 atom stereocenters. The van der Waals surface area contributed by atoms with E-state index < -0.39 is 12.5 Å². The zero-order valence-corrected chi connectivity index (χ0v) is 5.67. The minimum atomic E-state index is -2.78. The van der Waals surface area contributed by atoms with Crippen molar-refractivity contribution in [2.24, 2.45) is 4.99 Å². The largest absolute Gasteiger partial charge is 0.379 e. The molecule has 0 spiro atoms. The van der Waals surface area contributed by atoms with Crippen LogP contribution in [0.15, 0.2) is 17.3 Å². The van der Waals surface area contributed by atoms with E-state index in [0.717, 1.165) is 0 Å². The number of hydrogen-bond acceptors (Lipinski definition) is 3. The van der Waals surface area contributed by atoms with Crippen molar-refractivity contribution < 1.29 is 13.9 Å². The molecule has 2 N–H and O–H groups in total. The SMILES string of the molecule is OC(C1=NCC=CN1)C(F)F. The quantitative estimate of drug-likeness (QED) is 0.606. The van der Waals surface area contributed by atoms with Gasteiger partial charge in [0, 0.05) is 6.20 Å². The fourth-order valence-electron chi connectivity index (χ4n) is 0.692. The predicted molar refractivity (Wildman–Crippen MR) is 36.6 cm³/mol. The monoisotopic (exact) mass is 162 g/mol. The molecule has 0 saturated carbocycles. The third kappa shape index (κ3) is 1.98. The molecule has 0 aromatic rings. The van der Waals surface area contributed by atoms with Gasteiger partial charge in [-0.25, -0.2) is 8.78 Å². The molecule has 0 radical (unpaired) electrons. The summed E-state index contributed by atoms with van der Waals surface area (Å²) in [5.41, 5.74) is 0. The van der Waals surface area contributed by atoms with E-state index >= 15 is 0 Å². The van der Waals surface area contributed by atoms with E-state index in [1.54, 1.807) is 6.08 Å². The van der Waals surface area contributed by atoms with E-state index in [2.05, 4.69) is 10.3 Å². The number of aliphatic imine (C=N–C) groups is 1. The lowest BCUT2D eigenvalue weighted by Gasteiger charge is -2.14. The highest BCUT2D eigenvalue weighted by Gasteiger charge is 2.22. The molecule has 62 valence electrons. The Morgan fingerprint density at radius 3 is 2.82 bits per heavy atom. The lowest BCUT2D eigenvalue weighted by Crippen LogP contribution is -2.38. The van der Waals surface area contributed by atoms with Crippen LogP contribution in [0.3, 0.4) is 0 Å². The Bertz CT molecular complexity index is 191. The van der Waals surface area contributed by atoms with Crippen LogP contribution in [-0.2, 0) is 0 Å². The summed E-state index contributed by atoms with van der Waals surface area (Å²) in [5, 5.41) is 11.2. The Morgan fingerprint density at radius 1 is 1.64 bits per heavy atom. The number of aliphatic hydroxyl groups excluding tert-OH is 1. The number of nitrogens with zero attached hydrogens (tertiary/aromatic N) is 1. The van der Waals surface area contributed by atoms with Crippen LogP contribution in [0.5, 0.6) is 0 Å². The Hall–Kier alpha value is -0.970. The number of rotatable bonds is 2. The summed E-state index contributed by atoms with van der Waals surface area (Å²) in [5.74, 6) is -0.0671. The second kappa shape index (κ2) is 3.43. The highest BCUT2D eigenvalue weighted by molar-refractivity contribution is 5.88. The molecule has 1 rings (SSSR count). The number of nitrogens with one attached hydrogen (secondary N) is 1. The van der Waals surface area contributed by atoms with Crippen molar-refractivity contribution in [3.63, 3.8) is 0 Å². The van der Waals surface area contributed by atoms with Gasteiger partial charge in [-0.3, -0.25) is 4.99 Å². The summed E-state index contributed by atoms with van der Waals surface area (Å²) in [4.78, 5) is 3.64. The first-order valence-electron chi connectivity index (χ1n) is 3.14. The molecule has 0 amide bonds. The number of amidine groups is 1. The molecule has 11 heavy (non-hydrogen) atoms. The van der Waals surface area contributed by atoms with Gasteiger partial charge < -0.3 is 10.4 Å². The van der Waals surface area contributed by atoms with Crippen molar-refractivity contribution in [1.29, 1.82) is 0 Å². The topological polar surface area (TPSA) is 44.6 Å². The molecule has 0 aromatic carbocycles. The minimum Gasteiger partial charge on any atom is -0.379 e. The Labute approximate surface area is 62.4 Å². The molecule has 3 nitrogen and oxygen atoms in total. The van der Waals surface area contributed by atoms with E-state index in [9.17, 15) is 8.78 Å². The molecular formula is C6H8F2N2O. The van der Waals surface area contributed by atoms with Crippen molar-refractivity contribution in [2.45, 2.75) is 12.5 Å². The van der Waals surface area contributed by atoms with Gasteiger partial charge >= 0.3 is 0 Å². The summed E-state index contributed by atoms with van der Waals surface area (Å²) < 4.78 is 23.6. The Balaban J connectivity index is 2.53. The fraction of sp³-hybridized carbons (Fsp3) is 0.500. The lowest BCUT2D eigenvalue weighted by molar-refractivity contribution is 0.0336. The summed E-state index contributed by atoms with van der Waals surface area (Å²) in [6.07, 6.45) is -1.43.